The van der Waals surface area contributed by atoms with Gasteiger partial charge in [0.25, 0.3) is 0 Å². The van der Waals surface area contributed by atoms with E-state index in [1.807, 2.05) is 30.3 Å². The summed E-state index contributed by atoms with van der Waals surface area (Å²) in [5.74, 6) is -0.534. The quantitative estimate of drug-likeness (QED) is 0.755. The highest BCUT2D eigenvalue weighted by Gasteiger charge is 2.34. The summed E-state index contributed by atoms with van der Waals surface area (Å²) in [6.45, 7) is 6.85. The SMILES string of the molecule is CC(C)(C)OC(=O)NCCNC(=O)[C@@H]1CC(=O)N(Cc2ccccc2)C1. The van der Waals surface area contributed by atoms with E-state index in [0.29, 0.717) is 19.6 Å². The molecule has 1 saturated heterocycles. The molecule has 0 saturated carbocycles. The molecule has 0 radical (unpaired) electrons. The monoisotopic (exact) mass is 361 g/mol. The minimum absolute atomic E-state index is 0.0131. The average molecular weight is 361 g/mol. The Morgan fingerprint density at radius 3 is 2.46 bits per heavy atom. The van der Waals surface area contributed by atoms with Crippen molar-refractivity contribution in [2.75, 3.05) is 19.6 Å². The van der Waals surface area contributed by atoms with Crippen LogP contribution in [0.3, 0.4) is 0 Å². The van der Waals surface area contributed by atoms with Crippen LogP contribution < -0.4 is 10.6 Å². The fourth-order valence-electron chi connectivity index (χ4n) is 2.71. The molecule has 1 aliphatic rings. The number of alkyl carbamates (subject to hydrolysis) is 1. The van der Waals surface area contributed by atoms with Crippen LogP contribution in [0.4, 0.5) is 4.79 Å². The number of ether oxygens (including phenoxy) is 1. The summed E-state index contributed by atoms with van der Waals surface area (Å²) in [7, 11) is 0. The summed E-state index contributed by atoms with van der Waals surface area (Å²) < 4.78 is 5.12. The number of carbonyl (C=O) groups excluding carboxylic acids is 3. The Kier molecular flexibility index (Phi) is 6.60. The lowest BCUT2D eigenvalue weighted by Gasteiger charge is -2.20. The molecule has 1 heterocycles. The lowest BCUT2D eigenvalue weighted by atomic mass is 10.1. The molecule has 2 N–H and O–H groups in total. The molecule has 0 aliphatic carbocycles. The van der Waals surface area contributed by atoms with E-state index in [1.165, 1.54) is 0 Å². The van der Waals surface area contributed by atoms with Gasteiger partial charge in [-0.3, -0.25) is 9.59 Å². The van der Waals surface area contributed by atoms with Gasteiger partial charge in [-0.2, -0.15) is 0 Å². The Balaban J connectivity index is 1.70. The van der Waals surface area contributed by atoms with Gasteiger partial charge in [0.1, 0.15) is 5.60 Å². The Morgan fingerprint density at radius 2 is 1.81 bits per heavy atom. The first-order valence-corrected chi connectivity index (χ1v) is 8.81. The molecule has 7 heteroatoms. The van der Waals surface area contributed by atoms with Crippen molar-refractivity contribution in [2.24, 2.45) is 5.92 Å². The predicted molar refractivity (Wildman–Crippen MR) is 97.2 cm³/mol. The van der Waals surface area contributed by atoms with Crippen molar-refractivity contribution in [1.82, 2.24) is 15.5 Å². The molecule has 3 amide bonds. The van der Waals surface area contributed by atoms with E-state index in [2.05, 4.69) is 10.6 Å². The first-order chi connectivity index (χ1) is 12.2. The van der Waals surface area contributed by atoms with Crippen LogP contribution in [-0.4, -0.2) is 48.0 Å². The van der Waals surface area contributed by atoms with Crippen molar-refractivity contribution in [3.05, 3.63) is 35.9 Å². The Hall–Kier alpha value is -2.57. The number of hydrogen-bond acceptors (Lipinski definition) is 4. The molecule has 0 aromatic heterocycles. The summed E-state index contributed by atoms with van der Waals surface area (Å²) in [5, 5.41) is 5.34. The van der Waals surface area contributed by atoms with Crippen molar-refractivity contribution < 1.29 is 19.1 Å². The lowest BCUT2D eigenvalue weighted by molar-refractivity contribution is -0.129. The summed E-state index contributed by atoms with van der Waals surface area (Å²) in [6, 6.07) is 9.71. The average Bonchev–Trinajstić information content (AvgIpc) is 2.92. The van der Waals surface area contributed by atoms with Gasteiger partial charge in [0, 0.05) is 32.6 Å². The third-order valence-electron chi connectivity index (χ3n) is 3.89. The molecule has 2 rings (SSSR count). The molecule has 1 fully saturated rings. The van der Waals surface area contributed by atoms with E-state index in [-0.39, 0.29) is 30.7 Å². The summed E-state index contributed by atoms with van der Waals surface area (Å²) >= 11 is 0. The third-order valence-corrected chi connectivity index (χ3v) is 3.89. The highest BCUT2D eigenvalue weighted by molar-refractivity contribution is 5.89. The standard InChI is InChI=1S/C19H27N3O4/c1-19(2,3)26-18(25)21-10-9-20-17(24)15-11-16(23)22(13-15)12-14-7-5-4-6-8-14/h4-8,15H,9-13H2,1-3H3,(H,20,24)(H,21,25)/t15-/m1/s1. The number of nitrogens with one attached hydrogen (secondary N) is 2. The molecule has 26 heavy (non-hydrogen) atoms. The van der Waals surface area contributed by atoms with Gasteiger partial charge in [0.05, 0.1) is 5.92 Å². The molecule has 0 unspecified atom stereocenters. The van der Waals surface area contributed by atoms with Crippen molar-refractivity contribution >= 4 is 17.9 Å². The number of amides is 3. The smallest absolute Gasteiger partial charge is 0.407 e. The number of benzene rings is 1. The van der Waals surface area contributed by atoms with Gasteiger partial charge >= 0.3 is 6.09 Å². The zero-order chi connectivity index (χ0) is 19.2. The maximum Gasteiger partial charge on any atom is 0.407 e. The molecular weight excluding hydrogens is 334 g/mol. The molecule has 0 bridgehead atoms. The number of carbonyl (C=O) groups is 3. The minimum atomic E-state index is -0.556. The maximum absolute atomic E-state index is 12.2. The zero-order valence-electron chi connectivity index (χ0n) is 15.6. The summed E-state index contributed by atoms with van der Waals surface area (Å²) in [4.78, 5) is 37.6. The van der Waals surface area contributed by atoms with Crippen molar-refractivity contribution in [3.63, 3.8) is 0 Å². The highest BCUT2D eigenvalue weighted by atomic mass is 16.6. The van der Waals surface area contributed by atoms with Crippen LogP contribution in [-0.2, 0) is 20.9 Å². The highest BCUT2D eigenvalue weighted by Crippen LogP contribution is 2.20. The lowest BCUT2D eigenvalue weighted by Crippen LogP contribution is -2.40. The second-order valence-corrected chi connectivity index (χ2v) is 7.38. The van der Waals surface area contributed by atoms with E-state index in [9.17, 15) is 14.4 Å². The second-order valence-electron chi connectivity index (χ2n) is 7.38. The van der Waals surface area contributed by atoms with Crippen LogP contribution in [0.15, 0.2) is 30.3 Å². The maximum atomic E-state index is 12.2. The fourth-order valence-corrected chi connectivity index (χ4v) is 2.71. The Bertz CT molecular complexity index is 640. The van der Waals surface area contributed by atoms with Crippen molar-refractivity contribution in [3.8, 4) is 0 Å². The van der Waals surface area contributed by atoms with Crippen LogP contribution in [0.1, 0.15) is 32.8 Å². The van der Waals surface area contributed by atoms with Gasteiger partial charge in [0.2, 0.25) is 11.8 Å². The largest absolute Gasteiger partial charge is 0.444 e. The van der Waals surface area contributed by atoms with Gasteiger partial charge in [-0.05, 0) is 26.3 Å². The second kappa shape index (κ2) is 8.69. The van der Waals surface area contributed by atoms with Gasteiger partial charge in [0.15, 0.2) is 0 Å². The fraction of sp³-hybridized carbons (Fsp3) is 0.526. The summed E-state index contributed by atoms with van der Waals surface area (Å²) in [5.41, 5.74) is 0.489. The molecule has 7 nitrogen and oxygen atoms in total. The molecule has 142 valence electrons. The van der Waals surface area contributed by atoms with Crippen LogP contribution in [0, 0.1) is 5.92 Å². The van der Waals surface area contributed by atoms with E-state index in [4.69, 9.17) is 4.74 Å². The molecule has 1 aromatic rings. The minimum Gasteiger partial charge on any atom is -0.444 e. The number of hydrogen-bond donors (Lipinski definition) is 2. The van der Waals surface area contributed by atoms with E-state index < -0.39 is 11.7 Å². The van der Waals surface area contributed by atoms with E-state index in [1.54, 1.807) is 25.7 Å². The van der Waals surface area contributed by atoms with Crippen molar-refractivity contribution in [2.45, 2.75) is 39.3 Å². The first-order valence-electron chi connectivity index (χ1n) is 8.81. The summed E-state index contributed by atoms with van der Waals surface area (Å²) in [6.07, 6.45) is -0.296. The van der Waals surface area contributed by atoms with Crippen LogP contribution in [0.5, 0.6) is 0 Å². The number of likely N-dealkylation sites (tertiary alicyclic amines) is 1. The molecule has 1 aliphatic heterocycles. The predicted octanol–water partition coefficient (Wildman–Crippen LogP) is 1.68. The van der Waals surface area contributed by atoms with Crippen LogP contribution in [0.2, 0.25) is 0 Å². The number of nitrogens with zero attached hydrogens (tertiary/aromatic N) is 1. The van der Waals surface area contributed by atoms with Crippen LogP contribution >= 0.6 is 0 Å². The van der Waals surface area contributed by atoms with Crippen molar-refractivity contribution in [1.29, 1.82) is 0 Å². The molecule has 0 spiro atoms. The Labute approximate surface area is 154 Å². The van der Waals surface area contributed by atoms with E-state index in [0.717, 1.165) is 5.56 Å². The molecular formula is C19H27N3O4. The topological polar surface area (TPSA) is 87.7 Å². The van der Waals surface area contributed by atoms with Gasteiger partial charge in [-0.15, -0.1) is 0 Å². The third kappa shape index (κ3) is 6.38. The molecule has 1 atom stereocenters. The normalized spacial score (nSPS) is 17.1. The van der Waals surface area contributed by atoms with Gasteiger partial charge in [-0.1, -0.05) is 30.3 Å². The Morgan fingerprint density at radius 1 is 1.15 bits per heavy atom. The van der Waals surface area contributed by atoms with Gasteiger partial charge in [-0.25, -0.2) is 4.79 Å². The van der Waals surface area contributed by atoms with Crippen LogP contribution in [0.25, 0.3) is 0 Å². The number of rotatable bonds is 6. The van der Waals surface area contributed by atoms with Gasteiger partial charge < -0.3 is 20.3 Å². The molecule has 1 aromatic carbocycles. The van der Waals surface area contributed by atoms with E-state index >= 15 is 0 Å². The zero-order valence-corrected chi connectivity index (χ0v) is 15.6. The first kappa shape index (κ1) is 19.8.